The van der Waals surface area contributed by atoms with Gasteiger partial charge in [-0.25, -0.2) is 0 Å². The second kappa shape index (κ2) is 5.07. The highest BCUT2D eigenvalue weighted by molar-refractivity contribution is 6.33. The third-order valence-corrected chi connectivity index (χ3v) is 3.22. The number of rotatable bonds is 2. The highest BCUT2D eigenvalue weighted by atomic mass is 35.5. The minimum absolute atomic E-state index is 0.211. The zero-order valence-corrected chi connectivity index (χ0v) is 10.8. The first-order chi connectivity index (χ1) is 8.10. The van der Waals surface area contributed by atoms with Crippen LogP contribution in [0, 0.1) is 0 Å². The molecule has 92 valence electrons. The van der Waals surface area contributed by atoms with Gasteiger partial charge in [0.25, 0.3) is 0 Å². The van der Waals surface area contributed by atoms with Crippen molar-refractivity contribution in [3.05, 3.63) is 28.8 Å². The van der Waals surface area contributed by atoms with Crippen LogP contribution in [0.1, 0.15) is 24.2 Å². The molecule has 1 heterocycles. The van der Waals surface area contributed by atoms with Crippen molar-refractivity contribution < 1.29 is 9.53 Å². The minimum atomic E-state index is 0.211. The molecule has 3 nitrogen and oxygen atoms in total. The second-order valence-electron chi connectivity index (χ2n) is 4.49. The maximum atomic E-state index is 10.7. The first kappa shape index (κ1) is 12.4. The molecule has 1 aliphatic heterocycles. The van der Waals surface area contributed by atoms with Gasteiger partial charge in [0.05, 0.1) is 17.2 Å². The number of aldehydes is 1. The van der Waals surface area contributed by atoms with Gasteiger partial charge in [0.1, 0.15) is 0 Å². The van der Waals surface area contributed by atoms with E-state index in [9.17, 15) is 4.79 Å². The van der Waals surface area contributed by atoms with Gasteiger partial charge in [-0.1, -0.05) is 11.6 Å². The van der Waals surface area contributed by atoms with E-state index >= 15 is 0 Å². The van der Waals surface area contributed by atoms with Gasteiger partial charge in [-0.2, -0.15) is 0 Å². The van der Waals surface area contributed by atoms with Gasteiger partial charge in [-0.3, -0.25) is 4.79 Å². The first-order valence-electron chi connectivity index (χ1n) is 5.75. The van der Waals surface area contributed by atoms with Crippen molar-refractivity contribution in [3.8, 4) is 0 Å². The van der Waals surface area contributed by atoms with Crippen molar-refractivity contribution in [2.45, 2.75) is 26.1 Å². The Morgan fingerprint density at radius 3 is 2.53 bits per heavy atom. The van der Waals surface area contributed by atoms with Gasteiger partial charge in [0.2, 0.25) is 0 Å². The summed E-state index contributed by atoms with van der Waals surface area (Å²) in [5.41, 5.74) is 1.58. The van der Waals surface area contributed by atoms with Crippen LogP contribution in [0.15, 0.2) is 18.2 Å². The van der Waals surface area contributed by atoms with Gasteiger partial charge >= 0.3 is 0 Å². The highest BCUT2D eigenvalue weighted by Crippen LogP contribution is 2.25. The Morgan fingerprint density at radius 2 is 2.00 bits per heavy atom. The summed E-state index contributed by atoms with van der Waals surface area (Å²) in [7, 11) is 0. The van der Waals surface area contributed by atoms with E-state index in [0.29, 0.717) is 10.6 Å². The molecule has 1 aromatic carbocycles. The van der Waals surface area contributed by atoms with Gasteiger partial charge < -0.3 is 9.64 Å². The Bertz CT molecular complexity index is 412. The fourth-order valence-electron chi connectivity index (χ4n) is 2.20. The topological polar surface area (TPSA) is 29.5 Å². The number of morpholine rings is 1. The van der Waals surface area contributed by atoms with Crippen molar-refractivity contribution in [1.82, 2.24) is 0 Å². The normalized spacial score (nSPS) is 24.8. The smallest absolute Gasteiger partial charge is 0.151 e. The Labute approximate surface area is 106 Å². The standard InChI is InChI=1S/C13H16ClNO2/c1-9-6-15(7-10(2)17-9)12-4-3-11(8-16)13(14)5-12/h3-5,8-10H,6-7H2,1-2H3. The number of anilines is 1. The van der Waals surface area contributed by atoms with Gasteiger partial charge in [0, 0.05) is 24.3 Å². The molecule has 1 fully saturated rings. The average molecular weight is 254 g/mol. The van der Waals surface area contributed by atoms with E-state index in [-0.39, 0.29) is 12.2 Å². The predicted molar refractivity (Wildman–Crippen MR) is 69.1 cm³/mol. The monoisotopic (exact) mass is 253 g/mol. The van der Waals surface area contributed by atoms with Crippen molar-refractivity contribution in [1.29, 1.82) is 0 Å². The molecule has 2 unspecified atom stereocenters. The first-order valence-corrected chi connectivity index (χ1v) is 6.13. The summed E-state index contributed by atoms with van der Waals surface area (Å²) < 4.78 is 5.68. The van der Waals surface area contributed by atoms with Crippen LogP contribution in [-0.2, 0) is 4.74 Å². The van der Waals surface area contributed by atoms with Crippen LogP contribution in [-0.4, -0.2) is 31.6 Å². The van der Waals surface area contributed by atoms with Crippen molar-refractivity contribution in [3.63, 3.8) is 0 Å². The van der Waals surface area contributed by atoms with Crippen molar-refractivity contribution >= 4 is 23.6 Å². The molecule has 0 saturated carbocycles. The molecule has 1 aliphatic rings. The molecule has 0 radical (unpaired) electrons. The zero-order valence-electron chi connectivity index (χ0n) is 10.0. The lowest BCUT2D eigenvalue weighted by Crippen LogP contribution is -2.45. The average Bonchev–Trinajstić information content (AvgIpc) is 2.27. The van der Waals surface area contributed by atoms with E-state index in [2.05, 4.69) is 18.7 Å². The summed E-state index contributed by atoms with van der Waals surface area (Å²) in [5.74, 6) is 0. The van der Waals surface area contributed by atoms with E-state index in [4.69, 9.17) is 16.3 Å². The molecular formula is C13H16ClNO2. The molecule has 2 rings (SSSR count). The lowest BCUT2D eigenvalue weighted by molar-refractivity contribution is -0.00521. The SMILES string of the molecule is CC1CN(c2ccc(C=O)c(Cl)c2)CC(C)O1. The van der Waals surface area contributed by atoms with Crippen LogP contribution in [0.4, 0.5) is 5.69 Å². The molecule has 2 atom stereocenters. The van der Waals surface area contributed by atoms with Crippen molar-refractivity contribution in [2.24, 2.45) is 0 Å². The molecule has 0 bridgehead atoms. The number of carbonyl (C=O) groups is 1. The molecular weight excluding hydrogens is 238 g/mol. The Kier molecular flexibility index (Phi) is 3.69. The van der Waals surface area contributed by atoms with Crippen LogP contribution in [0.3, 0.4) is 0 Å². The molecule has 1 aromatic rings. The van der Waals surface area contributed by atoms with Crippen LogP contribution in [0.5, 0.6) is 0 Å². The van der Waals surface area contributed by atoms with E-state index in [0.717, 1.165) is 25.1 Å². The summed E-state index contributed by atoms with van der Waals surface area (Å²) in [6, 6.07) is 5.53. The second-order valence-corrected chi connectivity index (χ2v) is 4.89. The Morgan fingerprint density at radius 1 is 1.35 bits per heavy atom. The number of benzene rings is 1. The largest absolute Gasteiger partial charge is 0.372 e. The van der Waals surface area contributed by atoms with Gasteiger partial charge in [-0.15, -0.1) is 0 Å². The third-order valence-electron chi connectivity index (χ3n) is 2.90. The zero-order chi connectivity index (χ0) is 12.4. The van der Waals surface area contributed by atoms with Gasteiger partial charge in [-0.05, 0) is 32.0 Å². The molecule has 0 aliphatic carbocycles. The number of ether oxygens (including phenoxy) is 1. The van der Waals surface area contributed by atoms with Crippen LogP contribution in [0.2, 0.25) is 5.02 Å². The number of hydrogen-bond donors (Lipinski definition) is 0. The quantitative estimate of drug-likeness (QED) is 0.759. The maximum Gasteiger partial charge on any atom is 0.151 e. The third kappa shape index (κ3) is 2.79. The number of carbonyl (C=O) groups excluding carboxylic acids is 1. The summed E-state index contributed by atoms with van der Waals surface area (Å²) in [4.78, 5) is 12.9. The maximum absolute atomic E-state index is 10.7. The summed E-state index contributed by atoms with van der Waals surface area (Å²) in [5, 5.41) is 0.504. The highest BCUT2D eigenvalue weighted by Gasteiger charge is 2.22. The van der Waals surface area contributed by atoms with Crippen LogP contribution < -0.4 is 4.90 Å². The van der Waals surface area contributed by atoms with Gasteiger partial charge in [0.15, 0.2) is 6.29 Å². The summed E-state index contributed by atoms with van der Waals surface area (Å²) in [6.45, 7) is 5.82. The van der Waals surface area contributed by atoms with E-state index in [1.54, 1.807) is 6.07 Å². The molecule has 0 spiro atoms. The number of hydrogen-bond acceptors (Lipinski definition) is 3. The molecule has 4 heteroatoms. The number of nitrogens with zero attached hydrogens (tertiary/aromatic N) is 1. The van der Waals surface area contributed by atoms with Crippen molar-refractivity contribution in [2.75, 3.05) is 18.0 Å². The minimum Gasteiger partial charge on any atom is -0.372 e. The Hall–Kier alpha value is -1.06. The molecule has 0 aromatic heterocycles. The fraction of sp³-hybridized carbons (Fsp3) is 0.462. The molecule has 17 heavy (non-hydrogen) atoms. The summed E-state index contributed by atoms with van der Waals surface area (Å²) in [6.07, 6.45) is 1.20. The fourth-order valence-corrected chi connectivity index (χ4v) is 2.42. The van der Waals surface area contributed by atoms with E-state index < -0.39 is 0 Å². The Balaban J connectivity index is 2.21. The lowest BCUT2D eigenvalue weighted by atomic mass is 10.1. The summed E-state index contributed by atoms with van der Waals surface area (Å²) >= 11 is 6.03. The number of halogens is 1. The van der Waals surface area contributed by atoms with Crippen LogP contribution in [0.25, 0.3) is 0 Å². The van der Waals surface area contributed by atoms with E-state index in [1.807, 2.05) is 12.1 Å². The predicted octanol–water partition coefficient (Wildman–Crippen LogP) is 2.77. The van der Waals surface area contributed by atoms with Crippen LogP contribution >= 0.6 is 11.6 Å². The molecule has 1 saturated heterocycles. The lowest BCUT2D eigenvalue weighted by Gasteiger charge is -2.37. The molecule has 0 N–H and O–H groups in total. The van der Waals surface area contributed by atoms with E-state index in [1.165, 1.54) is 0 Å². The molecule has 0 amide bonds.